The minimum absolute atomic E-state index is 0.543. The van der Waals surface area contributed by atoms with Gasteiger partial charge in [-0.25, -0.2) is 4.98 Å². The molecule has 17 heavy (non-hydrogen) atoms. The second-order valence-corrected chi connectivity index (χ2v) is 4.87. The molecule has 1 fully saturated rings. The predicted octanol–water partition coefficient (Wildman–Crippen LogP) is 1.84. The molecule has 4 heteroatoms. The van der Waals surface area contributed by atoms with Gasteiger partial charge in [-0.2, -0.15) is 0 Å². The van der Waals surface area contributed by atoms with Crippen molar-refractivity contribution < 1.29 is 4.74 Å². The zero-order valence-corrected chi connectivity index (χ0v) is 10.8. The van der Waals surface area contributed by atoms with Crippen molar-refractivity contribution in [2.75, 3.05) is 32.6 Å². The molecule has 2 heterocycles. The van der Waals surface area contributed by atoms with Gasteiger partial charge in [0.1, 0.15) is 0 Å². The van der Waals surface area contributed by atoms with Crippen LogP contribution in [-0.2, 0) is 0 Å². The Balaban J connectivity index is 1.95. The van der Waals surface area contributed by atoms with Crippen molar-refractivity contribution in [3.8, 4) is 5.88 Å². The van der Waals surface area contributed by atoms with Crippen molar-refractivity contribution >= 4 is 5.69 Å². The van der Waals surface area contributed by atoms with E-state index in [2.05, 4.69) is 29.2 Å². The molecule has 4 nitrogen and oxygen atoms in total. The van der Waals surface area contributed by atoms with Gasteiger partial charge in [-0.05, 0) is 32.0 Å². The number of likely N-dealkylation sites (tertiary alicyclic amines) is 1. The van der Waals surface area contributed by atoms with Crippen molar-refractivity contribution in [3.63, 3.8) is 0 Å². The molecule has 1 N–H and O–H groups in total. The number of anilines is 1. The summed E-state index contributed by atoms with van der Waals surface area (Å²) in [6.07, 6.45) is 3.02. The Morgan fingerprint density at radius 1 is 1.47 bits per heavy atom. The van der Waals surface area contributed by atoms with E-state index in [0.717, 1.165) is 18.8 Å². The van der Waals surface area contributed by atoms with Gasteiger partial charge in [0.15, 0.2) is 0 Å². The highest BCUT2D eigenvalue weighted by atomic mass is 16.5. The SMILES string of the molecule is COc1ccc(N[C@@H]2CCN(C)C[C@@H]2C)cn1. The fourth-order valence-electron chi connectivity index (χ4n) is 2.37. The largest absolute Gasteiger partial charge is 0.481 e. The van der Waals surface area contributed by atoms with E-state index in [-0.39, 0.29) is 0 Å². The Labute approximate surface area is 103 Å². The van der Waals surface area contributed by atoms with Crippen LogP contribution >= 0.6 is 0 Å². The van der Waals surface area contributed by atoms with E-state index in [1.807, 2.05) is 18.3 Å². The lowest BCUT2D eigenvalue weighted by molar-refractivity contribution is 0.206. The lowest BCUT2D eigenvalue weighted by atomic mass is 9.94. The molecule has 2 atom stereocenters. The molecule has 1 aliphatic rings. The highest BCUT2D eigenvalue weighted by molar-refractivity contribution is 5.43. The molecule has 0 unspecified atom stereocenters. The fraction of sp³-hybridized carbons (Fsp3) is 0.615. The van der Waals surface area contributed by atoms with Crippen molar-refractivity contribution in [2.45, 2.75) is 19.4 Å². The summed E-state index contributed by atoms with van der Waals surface area (Å²) < 4.78 is 5.05. The summed E-state index contributed by atoms with van der Waals surface area (Å²) in [5, 5.41) is 3.56. The van der Waals surface area contributed by atoms with Crippen LogP contribution < -0.4 is 10.1 Å². The number of nitrogens with zero attached hydrogens (tertiary/aromatic N) is 2. The van der Waals surface area contributed by atoms with Crippen LogP contribution in [0, 0.1) is 5.92 Å². The quantitative estimate of drug-likeness (QED) is 0.867. The van der Waals surface area contributed by atoms with Crippen molar-refractivity contribution in [2.24, 2.45) is 5.92 Å². The first-order chi connectivity index (χ1) is 8.19. The molecule has 0 saturated carbocycles. The van der Waals surface area contributed by atoms with Crippen LogP contribution in [0.25, 0.3) is 0 Å². The first kappa shape index (κ1) is 12.2. The van der Waals surface area contributed by atoms with Gasteiger partial charge in [-0.3, -0.25) is 0 Å². The molecule has 2 rings (SSSR count). The molecule has 1 aliphatic heterocycles. The number of hydrogen-bond donors (Lipinski definition) is 1. The molecule has 94 valence electrons. The maximum atomic E-state index is 5.05. The smallest absolute Gasteiger partial charge is 0.213 e. The number of rotatable bonds is 3. The molecule has 0 spiro atoms. The second-order valence-electron chi connectivity index (χ2n) is 4.87. The fourth-order valence-corrected chi connectivity index (χ4v) is 2.37. The normalized spacial score (nSPS) is 25.6. The molecular weight excluding hydrogens is 214 g/mol. The van der Waals surface area contributed by atoms with E-state index in [1.165, 1.54) is 6.42 Å². The number of aromatic nitrogens is 1. The van der Waals surface area contributed by atoms with Crippen LogP contribution in [0.2, 0.25) is 0 Å². The second kappa shape index (κ2) is 5.36. The molecule has 1 aromatic rings. The Morgan fingerprint density at radius 2 is 2.29 bits per heavy atom. The first-order valence-corrected chi connectivity index (χ1v) is 6.14. The zero-order chi connectivity index (χ0) is 12.3. The van der Waals surface area contributed by atoms with E-state index < -0.39 is 0 Å². The van der Waals surface area contributed by atoms with Crippen molar-refractivity contribution in [3.05, 3.63) is 18.3 Å². The number of pyridine rings is 1. The van der Waals surface area contributed by atoms with Crippen LogP contribution in [0.1, 0.15) is 13.3 Å². The third kappa shape index (κ3) is 3.09. The number of methoxy groups -OCH3 is 1. The third-order valence-electron chi connectivity index (χ3n) is 3.41. The number of nitrogens with one attached hydrogen (secondary N) is 1. The van der Waals surface area contributed by atoms with Crippen molar-refractivity contribution in [1.82, 2.24) is 9.88 Å². The Bertz CT molecular complexity index is 352. The van der Waals surface area contributed by atoms with E-state index in [9.17, 15) is 0 Å². The molecule has 0 bridgehead atoms. The van der Waals surface area contributed by atoms with Crippen LogP contribution in [0.3, 0.4) is 0 Å². The monoisotopic (exact) mass is 235 g/mol. The van der Waals surface area contributed by atoms with Gasteiger partial charge in [0.2, 0.25) is 5.88 Å². The molecule has 1 saturated heterocycles. The summed E-state index contributed by atoms with van der Waals surface area (Å²) in [6.45, 7) is 4.61. The topological polar surface area (TPSA) is 37.4 Å². The predicted molar refractivity (Wildman–Crippen MR) is 69.5 cm³/mol. The van der Waals surface area contributed by atoms with Gasteiger partial charge < -0.3 is 15.0 Å². The van der Waals surface area contributed by atoms with Gasteiger partial charge in [-0.15, -0.1) is 0 Å². The number of hydrogen-bond acceptors (Lipinski definition) is 4. The number of piperidine rings is 1. The Morgan fingerprint density at radius 3 is 2.88 bits per heavy atom. The van der Waals surface area contributed by atoms with Crippen LogP contribution in [0.5, 0.6) is 5.88 Å². The molecular formula is C13H21N3O. The summed E-state index contributed by atoms with van der Waals surface area (Å²) in [4.78, 5) is 6.59. The third-order valence-corrected chi connectivity index (χ3v) is 3.41. The van der Waals surface area contributed by atoms with Gasteiger partial charge in [0.05, 0.1) is 19.0 Å². The average Bonchev–Trinajstić information content (AvgIpc) is 2.34. The van der Waals surface area contributed by atoms with Crippen LogP contribution in [0.15, 0.2) is 18.3 Å². The summed E-state index contributed by atoms with van der Waals surface area (Å²) in [6, 6.07) is 4.46. The minimum atomic E-state index is 0.543. The van der Waals surface area contributed by atoms with Crippen LogP contribution in [0.4, 0.5) is 5.69 Å². The minimum Gasteiger partial charge on any atom is -0.481 e. The Hall–Kier alpha value is -1.29. The lowest BCUT2D eigenvalue weighted by Crippen LogP contribution is -2.43. The summed E-state index contributed by atoms with van der Waals surface area (Å²) >= 11 is 0. The lowest BCUT2D eigenvalue weighted by Gasteiger charge is -2.35. The maximum Gasteiger partial charge on any atom is 0.213 e. The van der Waals surface area contributed by atoms with E-state index in [1.54, 1.807) is 7.11 Å². The van der Waals surface area contributed by atoms with E-state index in [0.29, 0.717) is 17.8 Å². The molecule has 0 aliphatic carbocycles. The molecule has 0 radical (unpaired) electrons. The van der Waals surface area contributed by atoms with Crippen molar-refractivity contribution in [1.29, 1.82) is 0 Å². The van der Waals surface area contributed by atoms with E-state index >= 15 is 0 Å². The summed E-state index contributed by atoms with van der Waals surface area (Å²) in [7, 11) is 3.82. The van der Waals surface area contributed by atoms with Gasteiger partial charge in [0.25, 0.3) is 0 Å². The zero-order valence-electron chi connectivity index (χ0n) is 10.8. The standard InChI is InChI=1S/C13H21N3O/c1-10-9-16(2)7-6-12(10)15-11-4-5-13(17-3)14-8-11/h4-5,8,10,12,15H,6-7,9H2,1-3H3/t10-,12+/m0/s1. The summed E-state index contributed by atoms with van der Waals surface area (Å²) in [5.41, 5.74) is 1.08. The Kier molecular flexibility index (Phi) is 3.84. The highest BCUT2D eigenvalue weighted by Gasteiger charge is 2.23. The van der Waals surface area contributed by atoms with Gasteiger partial charge >= 0.3 is 0 Å². The molecule has 0 amide bonds. The maximum absolute atomic E-state index is 5.05. The highest BCUT2D eigenvalue weighted by Crippen LogP contribution is 2.20. The summed E-state index contributed by atoms with van der Waals surface area (Å²) in [5.74, 6) is 1.32. The molecule has 0 aromatic carbocycles. The molecule has 1 aromatic heterocycles. The average molecular weight is 235 g/mol. The van der Waals surface area contributed by atoms with Gasteiger partial charge in [-0.1, -0.05) is 6.92 Å². The number of ether oxygens (including phenoxy) is 1. The van der Waals surface area contributed by atoms with Crippen LogP contribution in [-0.4, -0.2) is 43.2 Å². The van der Waals surface area contributed by atoms with Gasteiger partial charge in [0, 0.05) is 18.7 Å². The van der Waals surface area contributed by atoms with E-state index in [4.69, 9.17) is 4.74 Å². The first-order valence-electron chi connectivity index (χ1n) is 6.14.